The van der Waals surface area contributed by atoms with Crippen molar-refractivity contribution in [1.82, 2.24) is 5.43 Å². The van der Waals surface area contributed by atoms with E-state index in [2.05, 4.69) is 11.5 Å². The molecular weight excluding hydrogens is 258 g/mol. The van der Waals surface area contributed by atoms with Crippen LogP contribution in [0.5, 0.6) is 0 Å². The van der Waals surface area contributed by atoms with Crippen LogP contribution in [0.25, 0.3) is 0 Å². The van der Waals surface area contributed by atoms with Gasteiger partial charge < -0.3 is 0 Å². The summed E-state index contributed by atoms with van der Waals surface area (Å²) in [5.74, 6) is 4.68. The third-order valence-corrected chi connectivity index (χ3v) is 3.27. The lowest BCUT2D eigenvalue weighted by Gasteiger charge is -2.17. The van der Waals surface area contributed by atoms with Gasteiger partial charge in [-0.3, -0.25) is 11.3 Å². The van der Waals surface area contributed by atoms with Crippen LogP contribution in [-0.2, 0) is 12.8 Å². The smallest absolute Gasteiger partial charge is 0.126 e. The van der Waals surface area contributed by atoms with Crippen LogP contribution in [0.1, 0.15) is 16.7 Å². The number of benzene rings is 2. The van der Waals surface area contributed by atoms with Crippen molar-refractivity contribution in [2.24, 2.45) is 5.84 Å². The van der Waals surface area contributed by atoms with Crippen LogP contribution in [0.3, 0.4) is 0 Å². The Morgan fingerprint density at radius 3 is 2.60 bits per heavy atom. The molecule has 1 unspecified atom stereocenters. The predicted octanol–water partition coefficient (Wildman–Crippen LogP) is 2.89. The van der Waals surface area contributed by atoms with E-state index in [0.717, 1.165) is 23.3 Å². The SMILES string of the molecule is Cc1cccc(CC(Cc2cc(F)ccc2F)NN)c1. The monoisotopic (exact) mass is 276 g/mol. The van der Waals surface area contributed by atoms with Gasteiger partial charge in [-0.2, -0.15) is 0 Å². The lowest BCUT2D eigenvalue weighted by Crippen LogP contribution is -2.38. The molecule has 4 heteroatoms. The van der Waals surface area contributed by atoms with Crippen molar-refractivity contribution in [3.63, 3.8) is 0 Å². The van der Waals surface area contributed by atoms with Gasteiger partial charge >= 0.3 is 0 Å². The average molecular weight is 276 g/mol. The van der Waals surface area contributed by atoms with Crippen molar-refractivity contribution in [3.8, 4) is 0 Å². The maximum Gasteiger partial charge on any atom is 0.126 e. The summed E-state index contributed by atoms with van der Waals surface area (Å²) in [6.07, 6.45) is 1.00. The zero-order chi connectivity index (χ0) is 14.5. The summed E-state index contributed by atoms with van der Waals surface area (Å²) in [5, 5.41) is 0. The van der Waals surface area contributed by atoms with E-state index in [9.17, 15) is 8.78 Å². The molecule has 106 valence electrons. The van der Waals surface area contributed by atoms with Crippen molar-refractivity contribution in [1.29, 1.82) is 0 Å². The lowest BCUT2D eigenvalue weighted by molar-refractivity contribution is 0.502. The first-order valence-electron chi connectivity index (χ1n) is 6.54. The fraction of sp³-hybridized carbons (Fsp3) is 0.250. The Kier molecular flexibility index (Phi) is 4.82. The Morgan fingerprint density at radius 1 is 1.10 bits per heavy atom. The molecule has 0 amide bonds. The second-order valence-electron chi connectivity index (χ2n) is 5.00. The van der Waals surface area contributed by atoms with Gasteiger partial charge in [0.25, 0.3) is 0 Å². The highest BCUT2D eigenvalue weighted by Gasteiger charge is 2.12. The second kappa shape index (κ2) is 6.59. The molecule has 1 atom stereocenters. The molecule has 0 saturated heterocycles. The minimum absolute atomic E-state index is 0.145. The number of nitrogens with one attached hydrogen (secondary N) is 1. The largest absolute Gasteiger partial charge is 0.271 e. The summed E-state index contributed by atoms with van der Waals surface area (Å²) < 4.78 is 26.8. The van der Waals surface area contributed by atoms with Crippen molar-refractivity contribution >= 4 is 0 Å². The summed E-state index contributed by atoms with van der Waals surface area (Å²) in [6, 6.07) is 11.4. The van der Waals surface area contributed by atoms with Crippen LogP contribution < -0.4 is 11.3 Å². The van der Waals surface area contributed by atoms with Gasteiger partial charge in [0.2, 0.25) is 0 Å². The number of aryl methyl sites for hydroxylation is 1. The number of hydrazine groups is 1. The van der Waals surface area contributed by atoms with Crippen molar-refractivity contribution in [2.75, 3.05) is 0 Å². The molecule has 2 nitrogen and oxygen atoms in total. The van der Waals surface area contributed by atoms with Gasteiger partial charge in [-0.15, -0.1) is 0 Å². The second-order valence-corrected chi connectivity index (χ2v) is 5.00. The maximum atomic E-state index is 13.6. The third-order valence-electron chi connectivity index (χ3n) is 3.27. The Balaban J connectivity index is 2.11. The average Bonchev–Trinajstić information content (AvgIpc) is 2.42. The summed E-state index contributed by atoms with van der Waals surface area (Å²) in [4.78, 5) is 0. The van der Waals surface area contributed by atoms with Gasteiger partial charge in [-0.1, -0.05) is 29.8 Å². The lowest BCUT2D eigenvalue weighted by atomic mass is 9.98. The maximum absolute atomic E-state index is 13.6. The highest BCUT2D eigenvalue weighted by Crippen LogP contribution is 2.14. The molecule has 0 fully saturated rings. The van der Waals surface area contributed by atoms with Gasteiger partial charge in [-0.05, 0) is 49.1 Å². The molecule has 0 aliphatic carbocycles. The van der Waals surface area contributed by atoms with E-state index in [1.165, 1.54) is 6.07 Å². The van der Waals surface area contributed by atoms with Crippen LogP contribution in [0.2, 0.25) is 0 Å². The van der Waals surface area contributed by atoms with E-state index >= 15 is 0 Å². The molecule has 3 N–H and O–H groups in total. The number of halogens is 2. The molecule has 20 heavy (non-hydrogen) atoms. The number of hydrogen-bond donors (Lipinski definition) is 2. The van der Waals surface area contributed by atoms with Crippen LogP contribution in [0.15, 0.2) is 42.5 Å². The molecule has 0 spiro atoms. The third kappa shape index (κ3) is 3.85. The van der Waals surface area contributed by atoms with Crippen LogP contribution in [-0.4, -0.2) is 6.04 Å². The zero-order valence-electron chi connectivity index (χ0n) is 11.4. The summed E-state index contributed by atoms with van der Waals surface area (Å²) in [6.45, 7) is 2.01. The Hall–Kier alpha value is -1.78. The van der Waals surface area contributed by atoms with E-state index in [1.54, 1.807) is 0 Å². The number of rotatable bonds is 5. The van der Waals surface area contributed by atoms with E-state index in [1.807, 2.05) is 25.1 Å². The first-order chi connectivity index (χ1) is 9.58. The van der Waals surface area contributed by atoms with E-state index in [4.69, 9.17) is 5.84 Å². The minimum atomic E-state index is -0.437. The quantitative estimate of drug-likeness (QED) is 0.651. The van der Waals surface area contributed by atoms with Gasteiger partial charge in [0, 0.05) is 6.04 Å². The molecule has 0 bridgehead atoms. The number of nitrogens with two attached hydrogens (primary N) is 1. The Morgan fingerprint density at radius 2 is 1.90 bits per heavy atom. The Labute approximate surface area is 117 Å². The highest BCUT2D eigenvalue weighted by molar-refractivity contribution is 5.24. The standard InChI is InChI=1S/C16H18F2N2/c1-11-3-2-4-12(7-11)8-15(20-19)10-13-9-14(17)5-6-16(13)18/h2-7,9,15,20H,8,10,19H2,1H3. The summed E-state index contributed by atoms with van der Waals surface area (Å²) in [5.41, 5.74) is 5.29. The van der Waals surface area contributed by atoms with Crippen molar-refractivity contribution in [3.05, 3.63) is 70.8 Å². The normalized spacial score (nSPS) is 12.4. The molecule has 0 aliphatic heterocycles. The molecule has 0 saturated carbocycles. The predicted molar refractivity (Wildman–Crippen MR) is 76.1 cm³/mol. The topological polar surface area (TPSA) is 38.0 Å². The molecule has 2 aromatic rings. The summed E-state index contributed by atoms with van der Waals surface area (Å²) in [7, 11) is 0. The highest BCUT2D eigenvalue weighted by atomic mass is 19.1. The molecule has 0 aliphatic rings. The fourth-order valence-electron chi connectivity index (χ4n) is 2.28. The molecule has 0 radical (unpaired) electrons. The van der Waals surface area contributed by atoms with Crippen molar-refractivity contribution in [2.45, 2.75) is 25.8 Å². The van der Waals surface area contributed by atoms with Crippen LogP contribution >= 0.6 is 0 Å². The van der Waals surface area contributed by atoms with Crippen LogP contribution in [0.4, 0.5) is 8.78 Å². The molecule has 2 rings (SSSR count). The van der Waals surface area contributed by atoms with Gasteiger partial charge in [0.1, 0.15) is 11.6 Å². The first kappa shape index (κ1) is 14.6. The van der Waals surface area contributed by atoms with Gasteiger partial charge in [-0.25, -0.2) is 8.78 Å². The minimum Gasteiger partial charge on any atom is -0.271 e. The number of hydrogen-bond acceptors (Lipinski definition) is 2. The zero-order valence-corrected chi connectivity index (χ0v) is 11.4. The summed E-state index contributed by atoms with van der Waals surface area (Å²) >= 11 is 0. The molecule has 2 aromatic carbocycles. The van der Waals surface area contributed by atoms with Crippen LogP contribution in [0, 0.1) is 18.6 Å². The van der Waals surface area contributed by atoms with E-state index in [-0.39, 0.29) is 6.04 Å². The Bertz CT molecular complexity index is 584. The first-order valence-corrected chi connectivity index (χ1v) is 6.54. The van der Waals surface area contributed by atoms with E-state index in [0.29, 0.717) is 18.4 Å². The fourth-order valence-corrected chi connectivity index (χ4v) is 2.28. The van der Waals surface area contributed by atoms with Gasteiger partial charge in [0.05, 0.1) is 0 Å². The van der Waals surface area contributed by atoms with Crippen molar-refractivity contribution < 1.29 is 8.78 Å². The van der Waals surface area contributed by atoms with Gasteiger partial charge in [0.15, 0.2) is 0 Å². The molecule has 0 aromatic heterocycles. The molecular formula is C16H18F2N2. The van der Waals surface area contributed by atoms with E-state index < -0.39 is 11.6 Å². The molecule has 0 heterocycles.